The summed E-state index contributed by atoms with van der Waals surface area (Å²) in [5.41, 5.74) is 0.600. The van der Waals surface area contributed by atoms with E-state index < -0.39 is 0 Å². The second-order valence-corrected chi connectivity index (χ2v) is 7.33. The number of allylic oxidation sites excluding steroid dienone is 2. The van der Waals surface area contributed by atoms with Gasteiger partial charge in [-0.3, -0.25) is 14.2 Å². The summed E-state index contributed by atoms with van der Waals surface area (Å²) in [6.07, 6.45) is 6.91. The summed E-state index contributed by atoms with van der Waals surface area (Å²) >= 11 is 5.31. The molecule has 2 atom stereocenters. The number of rotatable bonds is 3. The molecule has 2 aliphatic rings. The van der Waals surface area contributed by atoms with Gasteiger partial charge in [0.15, 0.2) is 4.77 Å². The molecule has 1 aliphatic carbocycles. The second-order valence-electron chi connectivity index (χ2n) is 6.94. The van der Waals surface area contributed by atoms with Crippen LogP contribution in [0.5, 0.6) is 0 Å². The Morgan fingerprint density at radius 2 is 1.84 bits per heavy atom. The van der Waals surface area contributed by atoms with Gasteiger partial charge in [-0.15, -0.1) is 0 Å². The summed E-state index contributed by atoms with van der Waals surface area (Å²) in [6, 6.07) is 7.31. The first-order valence-corrected chi connectivity index (χ1v) is 9.19. The lowest BCUT2D eigenvalue weighted by molar-refractivity contribution is -0.130. The Kier molecular flexibility index (Phi) is 4.29. The van der Waals surface area contributed by atoms with Crippen LogP contribution in [0.4, 0.5) is 0 Å². The average Bonchev–Trinajstić information content (AvgIpc) is 3.05. The van der Waals surface area contributed by atoms with Gasteiger partial charge in [-0.25, -0.2) is 0 Å². The van der Waals surface area contributed by atoms with Crippen molar-refractivity contribution in [1.29, 1.82) is 0 Å². The van der Waals surface area contributed by atoms with Gasteiger partial charge in [0.05, 0.1) is 10.9 Å². The molecule has 130 valence electrons. The molecular weight excluding hydrogens is 334 g/mol. The number of para-hydroxylation sites is 1. The van der Waals surface area contributed by atoms with Gasteiger partial charge in [0.2, 0.25) is 5.91 Å². The number of nitrogens with one attached hydrogen (secondary N) is 1. The molecule has 5 nitrogen and oxygen atoms in total. The fourth-order valence-electron chi connectivity index (χ4n) is 3.99. The molecule has 0 spiro atoms. The normalized spacial score (nSPS) is 22.3. The predicted octanol–water partition coefficient (Wildman–Crippen LogP) is 2.87. The van der Waals surface area contributed by atoms with Gasteiger partial charge in [-0.2, -0.15) is 0 Å². The van der Waals surface area contributed by atoms with Crippen molar-refractivity contribution in [1.82, 2.24) is 14.5 Å². The van der Waals surface area contributed by atoms with Gasteiger partial charge in [-0.1, -0.05) is 24.3 Å². The van der Waals surface area contributed by atoms with Crippen LogP contribution in [-0.2, 0) is 11.3 Å². The van der Waals surface area contributed by atoms with Crippen molar-refractivity contribution in [3.63, 3.8) is 0 Å². The number of H-pyrrole nitrogens is 1. The van der Waals surface area contributed by atoms with Crippen LogP contribution >= 0.6 is 12.2 Å². The highest BCUT2D eigenvalue weighted by Crippen LogP contribution is 2.32. The standard InChI is InChI=1S/C19H21N3O2S/c23-17(21-11-13-5-1-2-6-14(13)12-21)9-10-22-18(24)15-7-3-4-8-16(15)20-19(22)25/h1-4,7-8,13-14H,5-6,9-12H2,(H,20,25)/t13-,14+. The largest absolute Gasteiger partial charge is 0.342 e. The van der Waals surface area contributed by atoms with E-state index in [-0.39, 0.29) is 11.5 Å². The van der Waals surface area contributed by atoms with E-state index in [2.05, 4.69) is 17.1 Å². The molecule has 0 bridgehead atoms. The Morgan fingerprint density at radius 1 is 1.16 bits per heavy atom. The second kappa shape index (κ2) is 6.59. The van der Waals surface area contributed by atoms with Crippen molar-refractivity contribution in [2.24, 2.45) is 11.8 Å². The maximum Gasteiger partial charge on any atom is 0.262 e. The van der Waals surface area contributed by atoms with Crippen molar-refractivity contribution in [3.05, 3.63) is 51.5 Å². The topological polar surface area (TPSA) is 58.1 Å². The van der Waals surface area contributed by atoms with Crippen LogP contribution in [0.1, 0.15) is 19.3 Å². The molecule has 0 saturated carbocycles. The zero-order chi connectivity index (χ0) is 17.4. The Balaban J connectivity index is 1.48. The third kappa shape index (κ3) is 3.06. The molecule has 1 aliphatic heterocycles. The summed E-state index contributed by atoms with van der Waals surface area (Å²) in [6.45, 7) is 2.00. The number of fused-ring (bicyclic) bond motifs is 2. The van der Waals surface area contributed by atoms with Gasteiger partial charge in [0.1, 0.15) is 0 Å². The molecule has 1 amide bonds. The maximum atomic E-state index is 12.6. The van der Waals surface area contributed by atoms with E-state index in [4.69, 9.17) is 12.2 Å². The minimum Gasteiger partial charge on any atom is -0.342 e. The minimum atomic E-state index is -0.133. The van der Waals surface area contributed by atoms with Crippen LogP contribution in [0.25, 0.3) is 10.9 Å². The Labute approximate surface area is 151 Å². The van der Waals surface area contributed by atoms with Crippen molar-refractivity contribution in [2.45, 2.75) is 25.8 Å². The summed E-state index contributed by atoms with van der Waals surface area (Å²) in [5, 5.41) is 0.599. The first-order valence-electron chi connectivity index (χ1n) is 8.78. The number of aromatic nitrogens is 2. The number of amides is 1. The highest BCUT2D eigenvalue weighted by Gasteiger charge is 2.34. The first kappa shape index (κ1) is 16.3. The number of benzene rings is 1. The number of aromatic amines is 1. The summed E-state index contributed by atoms with van der Waals surface area (Å²) in [7, 11) is 0. The number of hydrogen-bond acceptors (Lipinski definition) is 3. The lowest BCUT2D eigenvalue weighted by Crippen LogP contribution is -2.31. The van der Waals surface area contributed by atoms with Gasteiger partial charge >= 0.3 is 0 Å². The average molecular weight is 355 g/mol. The number of likely N-dealkylation sites (tertiary alicyclic amines) is 1. The van der Waals surface area contributed by atoms with Crippen molar-refractivity contribution in [3.8, 4) is 0 Å². The Hall–Kier alpha value is -2.21. The molecule has 6 heteroatoms. The quantitative estimate of drug-likeness (QED) is 0.680. The molecule has 2 heterocycles. The van der Waals surface area contributed by atoms with E-state index in [0.29, 0.717) is 35.0 Å². The smallest absolute Gasteiger partial charge is 0.262 e. The van der Waals surface area contributed by atoms with Gasteiger partial charge in [-0.05, 0) is 49.0 Å². The number of hydrogen-bond donors (Lipinski definition) is 1. The molecule has 0 radical (unpaired) electrons. The van der Waals surface area contributed by atoms with E-state index in [0.717, 1.165) is 31.4 Å². The minimum absolute atomic E-state index is 0.115. The van der Waals surface area contributed by atoms with E-state index in [9.17, 15) is 9.59 Å². The van der Waals surface area contributed by atoms with Crippen LogP contribution in [0.15, 0.2) is 41.2 Å². The number of nitrogens with zero attached hydrogens (tertiary/aromatic N) is 2. The third-order valence-electron chi connectivity index (χ3n) is 5.41. The molecule has 1 aromatic heterocycles. The van der Waals surface area contributed by atoms with Gasteiger partial charge in [0.25, 0.3) is 5.56 Å². The molecular formula is C19H21N3O2S. The lowest BCUT2D eigenvalue weighted by atomic mass is 9.86. The monoisotopic (exact) mass is 355 g/mol. The maximum absolute atomic E-state index is 12.6. The van der Waals surface area contributed by atoms with Crippen molar-refractivity contribution >= 4 is 29.0 Å². The lowest BCUT2D eigenvalue weighted by Gasteiger charge is -2.17. The molecule has 4 rings (SSSR count). The number of carbonyl (C=O) groups is 1. The zero-order valence-electron chi connectivity index (χ0n) is 14.0. The fourth-order valence-corrected chi connectivity index (χ4v) is 4.27. The Bertz CT molecular complexity index is 943. The van der Waals surface area contributed by atoms with Crippen molar-refractivity contribution in [2.75, 3.05) is 13.1 Å². The van der Waals surface area contributed by atoms with E-state index >= 15 is 0 Å². The van der Waals surface area contributed by atoms with Crippen LogP contribution in [0.3, 0.4) is 0 Å². The first-order chi connectivity index (χ1) is 12.1. The molecule has 25 heavy (non-hydrogen) atoms. The highest BCUT2D eigenvalue weighted by molar-refractivity contribution is 7.71. The van der Waals surface area contributed by atoms with Crippen LogP contribution < -0.4 is 5.56 Å². The molecule has 1 aromatic carbocycles. The van der Waals surface area contributed by atoms with Crippen LogP contribution in [0, 0.1) is 16.6 Å². The summed E-state index contributed by atoms with van der Waals surface area (Å²) in [5.74, 6) is 1.31. The predicted molar refractivity (Wildman–Crippen MR) is 99.9 cm³/mol. The summed E-state index contributed by atoms with van der Waals surface area (Å²) in [4.78, 5) is 30.3. The van der Waals surface area contributed by atoms with E-state index in [1.165, 1.54) is 4.57 Å². The molecule has 1 fully saturated rings. The summed E-state index contributed by atoms with van der Waals surface area (Å²) < 4.78 is 1.87. The van der Waals surface area contributed by atoms with Crippen molar-refractivity contribution < 1.29 is 4.79 Å². The van der Waals surface area contributed by atoms with Gasteiger partial charge < -0.3 is 9.88 Å². The Morgan fingerprint density at radius 3 is 2.56 bits per heavy atom. The fraction of sp³-hybridized carbons (Fsp3) is 0.421. The van der Waals surface area contributed by atoms with Gasteiger partial charge in [0, 0.05) is 26.1 Å². The van der Waals surface area contributed by atoms with E-state index in [1.54, 1.807) is 6.07 Å². The molecule has 1 N–H and O–H groups in total. The molecule has 0 unspecified atom stereocenters. The van der Waals surface area contributed by atoms with E-state index in [1.807, 2.05) is 23.1 Å². The van der Waals surface area contributed by atoms with Crippen LogP contribution in [0.2, 0.25) is 0 Å². The SMILES string of the molecule is O=C(CCn1c(=S)[nH]c2ccccc2c1=O)N1C[C@H]2CC=CC[C@H]2C1. The van der Waals surface area contributed by atoms with Crippen LogP contribution in [-0.4, -0.2) is 33.4 Å². The number of carbonyl (C=O) groups excluding carboxylic acids is 1. The molecule has 2 aromatic rings. The molecule has 1 saturated heterocycles. The third-order valence-corrected chi connectivity index (χ3v) is 5.73. The highest BCUT2D eigenvalue weighted by atomic mass is 32.1. The zero-order valence-corrected chi connectivity index (χ0v) is 14.8.